The Morgan fingerprint density at radius 2 is 2.00 bits per heavy atom. The van der Waals surface area contributed by atoms with Crippen LogP contribution in [0.4, 0.5) is 0 Å². The Bertz CT molecular complexity index is 753. The highest BCUT2D eigenvalue weighted by Gasteiger charge is 2.34. The number of likely N-dealkylation sites (N-methyl/N-ethyl adjacent to an activating group) is 1. The molecule has 1 atom stereocenters. The average Bonchev–Trinajstić information content (AvgIpc) is 2.88. The zero-order chi connectivity index (χ0) is 16.5. The van der Waals surface area contributed by atoms with Crippen LogP contribution in [-0.2, 0) is 14.8 Å². The fourth-order valence-corrected chi connectivity index (χ4v) is 5.09. The first-order chi connectivity index (χ1) is 10.2. The predicted octanol–water partition coefficient (Wildman–Crippen LogP) is 3.10. The van der Waals surface area contributed by atoms with Crippen LogP contribution in [0.1, 0.15) is 20.3 Å². The fourth-order valence-electron chi connectivity index (χ4n) is 2.08. The van der Waals surface area contributed by atoms with Gasteiger partial charge in [0.2, 0.25) is 9.58 Å². The van der Waals surface area contributed by atoms with E-state index in [9.17, 15) is 13.2 Å². The normalized spacial score (nSPS) is 13.9. The molecule has 0 unspecified atom stereocenters. The van der Waals surface area contributed by atoms with Gasteiger partial charge in [-0.2, -0.15) is 4.31 Å². The van der Waals surface area contributed by atoms with Gasteiger partial charge in [-0.15, -0.1) is 11.3 Å². The van der Waals surface area contributed by atoms with Gasteiger partial charge in [-0.05, 0) is 36.1 Å². The molecule has 0 N–H and O–H groups in total. The number of aromatic nitrogens is 1. The lowest BCUT2D eigenvalue weighted by Crippen LogP contribution is -2.41. The van der Waals surface area contributed by atoms with E-state index >= 15 is 0 Å². The van der Waals surface area contributed by atoms with E-state index in [1.54, 1.807) is 12.1 Å². The van der Waals surface area contributed by atoms with Crippen LogP contribution < -0.4 is 0 Å². The zero-order valence-electron chi connectivity index (χ0n) is 12.5. The first-order valence-electron chi connectivity index (χ1n) is 6.76. The number of halogens is 1. The van der Waals surface area contributed by atoms with E-state index in [1.165, 1.54) is 7.05 Å². The molecule has 120 valence electrons. The number of para-hydroxylation sites is 1. The SMILES string of the molecule is CC(C)C[C@@H](C(=O)Cl)N(C)S(=O)(=O)c1nc2ccccc2s1. The van der Waals surface area contributed by atoms with Crippen LogP contribution >= 0.6 is 22.9 Å². The molecule has 0 aliphatic carbocycles. The number of rotatable bonds is 6. The molecule has 0 spiro atoms. The molecular weight excluding hydrogens is 344 g/mol. The van der Waals surface area contributed by atoms with Gasteiger partial charge in [0, 0.05) is 7.05 Å². The minimum absolute atomic E-state index is 0.0251. The Morgan fingerprint density at radius 1 is 1.36 bits per heavy atom. The van der Waals surface area contributed by atoms with Crippen LogP contribution in [0.15, 0.2) is 28.6 Å². The van der Waals surface area contributed by atoms with Crippen LogP contribution in [0.5, 0.6) is 0 Å². The van der Waals surface area contributed by atoms with E-state index in [2.05, 4.69) is 4.98 Å². The van der Waals surface area contributed by atoms with Crippen LogP contribution in [0.3, 0.4) is 0 Å². The maximum atomic E-state index is 12.7. The van der Waals surface area contributed by atoms with Crippen LogP contribution in [0, 0.1) is 5.92 Å². The molecule has 1 heterocycles. The van der Waals surface area contributed by atoms with E-state index in [1.807, 2.05) is 26.0 Å². The standard InChI is InChI=1S/C14H17ClN2O3S2/c1-9(2)8-11(13(15)18)17(3)22(19,20)14-16-10-6-4-5-7-12(10)21-14/h4-7,9,11H,8H2,1-3H3/t11-/m0/s1. The zero-order valence-corrected chi connectivity index (χ0v) is 14.9. The first kappa shape index (κ1) is 17.3. The second kappa shape index (κ2) is 6.62. The quantitative estimate of drug-likeness (QED) is 0.742. The molecule has 8 heteroatoms. The van der Waals surface area contributed by atoms with Crippen molar-refractivity contribution in [1.29, 1.82) is 0 Å². The van der Waals surface area contributed by atoms with Crippen molar-refractivity contribution in [3.63, 3.8) is 0 Å². The largest absolute Gasteiger partial charge is 0.279 e. The number of hydrogen-bond donors (Lipinski definition) is 0. The number of sulfonamides is 1. The fraction of sp³-hybridized carbons (Fsp3) is 0.429. The van der Waals surface area contributed by atoms with Crippen molar-refractivity contribution in [3.05, 3.63) is 24.3 Å². The van der Waals surface area contributed by atoms with Crippen molar-refractivity contribution >= 4 is 48.4 Å². The topological polar surface area (TPSA) is 67.3 Å². The van der Waals surface area contributed by atoms with Gasteiger partial charge in [-0.1, -0.05) is 26.0 Å². The van der Waals surface area contributed by atoms with Gasteiger partial charge in [0.1, 0.15) is 0 Å². The van der Waals surface area contributed by atoms with Gasteiger partial charge >= 0.3 is 0 Å². The molecule has 2 aromatic rings. The third kappa shape index (κ3) is 3.48. The lowest BCUT2D eigenvalue weighted by molar-refractivity contribution is -0.115. The minimum atomic E-state index is -3.86. The lowest BCUT2D eigenvalue weighted by atomic mass is 10.1. The maximum absolute atomic E-state index is 12.7. The summed E-state index contributed by atoms with van der Waals surface area (Å²) in [7, 11) is -2.49. The molecule has 0 aliphatic rings. The average molecular weight is 361 g/mol. The Morgan fingerprint density at radius 3 is 2.55 bits per heavy atom. The third-order valence-corrected chi connectivity index (χ3v) is 6.78. The number of hydrogen-bond acceptors (Lipinski definition) is 5. The second-order valence-electron chi connectivity index (χ2n) is 5.42. The summed E-state index contributed by atoms with van der Waals surface area (Å²) >= 11 is 6.68. The van der Waals surface area contributed by atoms with Crippen molar-refractivity contribution < 1.29 is 13.2 Å². The predicted molar refractivity (Wildman–Crippen MR) is 88.7 cm³/mol. The van der Waals surface area contributed by atoms with Gasteiger partial charge in [-0.3, -0.25) is 4.79 Å². The van der Waals surface area contributed by atoms with Gasteiger partial charge in [0.15, 0.2) is 0 Å². The number of nitrogens with zero attached hydrogens (tertiary/aromatic N) is 2. The van der Waals surface area contributed by atoms with Crippen molar-refractivity contribution in [2.24, 2.45) is 5.92 Å². The molecule has 2 rings (SSSR count). The molecule has 0 saturated carbocycles. The summed E-state index contributed by atoms with van der Waals surface area (Å²) in [6.07, 6.45) is 0.364. The van der Waals surface area contributed by atoms with Crippen molar-refractivity contribution in [2.45, 2.75) is 30.6 Å². The van der Waals surface area contributed by atoms with E-state index in [-0.39, 0.29) is 10.3 Å². The molecule has 22 heavy (non-hydrogen) atoms. The van der Waals surface area contributed by atoms with E-state index in [0.29, 0.717) is 11.9 Å². The summed E-state index contributed by atoms with van der Waals surface area (Å²) in [5.41, 5.74) is 0.622. The summed E-state index contributed by atoms with van der Waals surface area (Å²) in [6.45, 7) is 3.82. The highest BCUT2D eigenvalue weighted by Crippen LogP contribution is 2.29. The first-order valence-corrected chi connectivity index (χ1v) is 9.40. The van der Waals surface area contributed by atoms with Crippen molar-refractivity contribution in [1.82, 2.24) is 9.29 Å². The Hall–Kier alpha value is -1.02. The van der Waals surface area contributed by atoms with Gasteiger partial charge < -0.3 is 0 Å². The lowest BCUT2D eigenvalue weighted by Gasteiger charge is -2.24. The van der Waals surface area contributed by atoms with E-state index < -0.39 is 21.3 Å². The molecule has 5 nitrogen and oxygen atoms in total. The van der Waals surface area contributed by atoms with Crippen LogP contribution in [-0.4, -0.2) is 36.0 Å². The van der Waals surface area contributed by atoms with Crippen molar-refractivity contribution in [3.8, 4) is 0 Å². The van der Waals surface area contributed by atoms with E-state index in [0.717, 1.165) is 20.3 Å². The summed E-state index contributed by atoms with van der Waals surface area (Å²) in [4.78, 5) is 15.8. The highest BCUT2D eigenvalue weighted by molar-refractivity contribution is 7.91. The Balaban J connectivity index is 2.41. The molecule has 0 aliphatic heterocycles. The summed E-state index contributed by atoms with van der Waals surface area (Å²) in [6, 6.07) is 6.29. The Labute approximate surface area is 139 Å². The number of benzene rings is 1. The molecule has 1 aromatic carbocycles. The molecule has 0 fully saturated rings. The van der Waals surface area contributed by atoms with Crippen LogP contribution in [0.2, 0.25) is 0 Å². The van der Waals surface area contributed by atoms with Crippen molar-refractivity contribution in [2.75, 3.05) is 7.05 Å². The number of fused-ring (bicyclic) bond motifs is 1. The number of carbonyl (C=O) groups is 1. The third-order valence-electron chi connectivity index (χ3n) is 3.27. The number of thiazole rings is 1. The summed E-state index contributed by atoms with van der Waals surface area (Å²) in [5.74, 6) is 0.140. The number of carbonyl (C=O) groups excluding carboxylic acids is 1. The summed E-state index contributed by atoms with van der Waals surface area (Å²) < 4.78 is 27.2. The summed E-state index contributed by atoms with van der Waals surface area (Å²) in [5, 5.41) is -0.680. The van der Waals surface area contributed by atoms with Gasteiger partial charge in [0.05, 0.1) is 16.3 Å². The Kier molecular flexibility index (Phi) is 5.21. The molecule has 0 saturated heterocycles. The smallest absolute Gasteiger partial charge is 0.270 e. The highest BCUT2D eigenvalue weighted by atomic mass is 35.5. The molecular formula is C14H17ClN2O3S2. The molecule has 1 aromatic heterocycles. The molecule has 0 radical (unpaired) electrons. The molecule has 0 amide bonds. The monoisotopic (exact) mass is 360 g/mol. The van der Waals surface area contributed by atoms with E-state index in [4.69, 9.17) is 11.6 Å². The van der Waals surface area contributed by atoms with Gasteiger partial charge in [0.25, 0.3) is 10.0 Å². The maximum Gasteiger partial charge on any atom is 0.270 e. The second-order valence-corrected chi connectivity index (χ2v) is 8.99. The van der Waals surface area contributed by atoms with Gasteiger partial charge in [-0.25, -0.2) is 13.4 Å². The van der Waals surface area contributed by atoms with Crippen LogP contribution in [0.25, 0.3) is 10.2 Å². The minimum Gasteiger partial charge on any atom is -0.279 e. The molecule has 0 bridgehead atoms.